The molecule has 3 heterocycles. The number of hydrogen-bond acceptors (Lipinski definition) is 5. The van der Waals surface area contributed by atoms with E-state index in [2.05, 4.69) is 20.0 Å². The minimum absolute atomic E-state index is 0.0111. The van der Waals surface area contributed by atoms with Crippen molar-refractivity contribution in [3.63, 3.8) is 0 Å². The summed E-state index contributed by atoms with van der Waals surface area (Å²) >= 11 is 0. The molecule has 13 heteroatoms. The number of imidazole rings is 1. The molecule has 1 N–H and O–H groups in total. The SMILES string of the molecule is Cn1cnc2ccc(-c3cc4ccc(NCC(F)(F)F)nc4n(-c4ccc(OC(F)(F)F)cc4)c3=O)cc21. The number of rotatable bonds is 5. The first-order chi connectivity index (χ1) is 17.9. The van der Waals surface area contributed by atoms with Gasteiger partial charge in [-0.2, -0.15) is 13.2 Å². The number of nitrogens with one attached hydrogen (secondary N) is 1. The second kappa shape index (κ2) is 9.08. The number of pyridine rings is 2. The van der Waals surface area contributed by atoms with Crippen molar-refractivity contribution in [2.75, 3.05) is 11.9 Å². The molecule has 0 saturated carbocycles. The maximum atomic E-state index is 13.8. The van der Waals surface area contributed by atoms with Crippen LogP contribution in [0.5, 0.6) is 5.75 Å². The van der Waals surface area contributed by atoms with E-state index in [1.807, 2.05) is 0 Å². The Morgan fingerprint density at radius 3 is 2.37 bits per heavy atom. The van der Waals surface area contributed by atoms with Crippen molar-refractivity contribution >= 4 is 27.9 Å². The van der Waals surface area contributed by atoms with Gasteiger partial charge in [-0.25, -0.2) is 9.97 Å². The first kappa shape index (κ1) is 25.1. The molecule has 0 aliphatic rings. The van der Waals surface area contributed by atoms with Gasteiger partial charge in [-0.05, 0) is 60.2 Å². The fourth-order valence-corrected chi connectivity index (χ4v) is 4.01. The molecule has 0 radical (unpaired) electrons. The largest absolute Gasteiger partial charge is 0.573 e. The van der Waals surface area contributed by atoms with Crippen LogP contribution in [0.25, 0.3) is 38.9 Å². The van der Waals surface area contributed by atoms with Crippen molar-refractivity contribution in [2.24, 2.45) is 7.05 Å². The van der Waals surface area contributed by atoms with E-state index in [0.29, 0.717) is 16.5 Å². The lowest BCUT2D eigenvalue weighted by Gasteiger charge is -2.15. The molecule has 0 amide bonds. The Hall–Kier alpha value is -4.55. The summed E-state index contributed by atoms with van der Waals surface area (Å²) in [6, 6.07) is 14.1. The summed E-state index contributed by atoms with van der Waals surface area (Å²) in [6.07, 6.45) is -7.79. The molecule has 2 aromatic carbocycles. The Kier molecular flexibility index (Phi) is 6.00. The van der Waals surface area contributed by atoms with Gasteiger partial charge >= 0.3 is 12.5 Å². The second-order valence-corrected chi connectivity index (χ2v) is 8.38. The lowest BCUT2D eigenvalue weighted by Crippen LogP contribution is -2.23. The number of alkyl halides is 6. The third-order valence-corrected chi connectivity index (χ3v) is 5.69. The van der Waals surface area contributed by atoms with Crippen LogP contribution in [0.3, 0.4) is 0 Å². The number of nitrogens with zero attached hydrogens (tertiary/aromatic N) is 4. The van der Waals surface area contributed by atoms with Crippen LogP contribution in [-0.4, -0.2) is 38.2 Å². The van der Waals surface area contributed by atoms with Gasteiger partial charge in [-0.1, -0.05) is 6.07 Å². The normalized spacial score (nSPS) is 12.3. The minimum atomic E-state index is -4.91. The highest BCUT2D eigenvalue weighted by atomic mass is 19.4. The molecule has 0 saturated heterocycles. The molecule has 0 atom stereocenters. The predicted octanol–water partition coefficient (Wildman–Crippen LogP) is 5.81. The first-order valence-electron chi connectivity index (χ1n) is 11.0. The van der Waals surface area contributed by atoms with Crippen LogP contribution in [-0.2, 0) is 7.05 Å². The van der Waals surface area contributed by atoms with Crippen molar-refractivity contribution in [1.82, 2.24) is 19.1 Å². The van der Waals surface area contributed by atoms with Crippen molar-refractivity contribution < 1.29 is 31.1 Å². The van der Waals surface area contributed by atoms with Gasteiger partial charge in [0.15, 0.2) is 0 Å². The molecule has 0 unspecified atom stereocenters. The van der Waals surface area contributed by atoms with E-state index in [-0.39, 0.29) is 22.7 Å². The van der Waals surface area contributed by atoms with Gasteiger partial charge in [-0.3, -0.25) is 9.36 Å². The van der Waals surface area contributed by atoms with Crippen LogP contribution in [0.4, 0.5) is 32.2 Å². The molecule has 0 aliphatic heterocycles. The number of aryl methyl sites for hydroxylation is 1. The molecule has 0 aliphatic carbocycles. The average Bonchev–Trinajstić information content (AvgIpc) is 3.21. The fourth-order valence-electron chi connectivity index (χ4n) is 4.01. The zero-order valence-electron chi connectivity index (χ0n) is 19.4. The minimum Gasteiger partial charge on any atom is -0.406 e. The summed E-state index contributed by atoms with van der Waals surface area (Å²) in [4.78, 5) is 22.2. The maximum Gasteiger partial charge on any atom is 0.573 e. The van der Waals surface area contributed by atoms with Gasteiger partial charge in [0.05, 0.1) is 23.0 Å². The smallest absolute Gasteiger partial charge is 0.406 e. The van der Waals surface area contributed by atoms with Gasteiger partial charge in [0.2, 0.25) is 0 Å². The Morgan fingerprint density at radius 2 is 1.68 bits per heavy atom. The molecule has 0 fully saturated rings. The number of aromatic nitrogens is 4. The quantitative estimate of drug-likeness (QED) is 0.289. The van der Waals surface area contributed by atoms with E-state index < -0.39 is 30.4 Å². The third-order valence-electron chi connectivity index (χ3n) is 5.69. The summed E-state index contributed by atoms with van der Waals surface area (Å²) in [6.45, 7) is -1.35. The number of anilines is 1. The van der Waals surface area contributed by atoms with E-state index in [4.69, 9.17) is 0 Å². The average molecular weight is 533 g/mol. The zero-order valence-corrected chi connectivity index (χ0v) is 19.4. The number of fused-ring (bicyclic) bond motifs is 2. The van der Waals surface area contributed by atoms with Gasteiger partial charge in [0, 0.05) is 18.0 Å². The van der Waals surface area contributed by atoms with Crippen LogP contribution in [0.1, 0.15) is 0 Å². The molecule has 38 heavy (non-hydrogen) atoms. The summed E-state index contributed by atoms with van der Waals surface area (Å²) in [7, 11) is 1.79. The molecular weight excluding hydrogens is 516 g/mol. The summed E-state index contributed by atoms with van der Waals surface area (Å²) in [5.41, 5.74) is 1.82. The Bertz CT molecular complexity index is 1710. The monoisotopic (exact) mass is 533 g/mol. The lowest BCUT2D eigenvalue weighted by molar-refractivity contribution is -0.274. The highest BCUT2D eigenvalue weighted by molar-refractivity contribution is 5.87. The van der Waals surface area contributed by atoms with E-state index in [1.54, 1.807) is 42.2 Å². The standard InChI is InChI=1S/C25H17F6N5O2/c1-35-13-33-19-8-2-14(11-20(19)35)18-10-15-3-9-21(32-12-24(26,27)28)34-22(15)36(23(18)37)16-4-6-17(7-5-16)38-25(29,30)31/h2-11,13H,12H2,1H3,(H,32,34). The van der Waals surface area contributed by atoms with Crippen LogP contribution < -0.4 is 15.6 Å². The third kappa shape index (κ3) is 5.12. The van der Waals surface area contributed by atoms with Crippen LogP contribution in [0, 0.1) is 0 Å². The van der Waals surface area contributed by atoms with Crippen molar-refractivity contribution in [3.8, 4) is 22.6 Å². The second-order valence-electron chi connectivity index (χ2n) is 8.38. The van der Waals surface area contributed by atoms with Gasteiger partial charge in [-0.15, -0.1) is 13.2 Å². The Morgan fingerprint density at radius 1 is 0.947 bits per heavy atom. The molecular formula is C25H17F6N5O2. The molecule has 5 aromatic rings. The van der Waals surface area contributed by atoms with Gasteiger partial charge in [0.25, 0.3) is 5.56 Å². The fraction of sp³-hybridized carbons (Fsp3) is 0.160. The summed E-state index contributed by atoms with van der Waals surface area (Å²) < 4.78 is 82.8. The topological polar surface area (TPSA) is 74.0 Å². The van der Waals surface area contributed by atoms with Crippen molar-refractivity contribution in [2.45, 2.75) is 12.5 Å². The van der Waals surface area contributed by atoms with Crippen molar-refractivity contribution in [3.05, 3.63) is 77.3 Å². The van der Waals surface area contributed by atoms with Gasteiger partial charge < -0.3 is 14.6 Å². The lowest BCUT2D eigenvalue weighted by atomic mass is 10.0. The molecule has 0 spiro atoms. The van der Waals surface area contributed by atoms with E-state index in [0.717, 1.165) is 22.2 Å². The highest BCUT2D eigenvalue weighted by Gasteiger charge is 2.31. The van der Waals surface area contributed by atoms with E-state index in [1.165, 1.54) is 24.3 Å². The number of ether oxygens (including phenoxy) is 1. The van der Waals surface area contributed by atoms with E-state index in [9.17, 15) is 31.1 Å². The number of hydrogen-bond donors (Lipinski definition) is 1. The number of benzene rings is 2. The van der Waals surface area contributed by atoms with Gasteiger partial charge in [0.1, 0.15) is 23.8 Å². The molecule has 0 bridgehead atoms. The zero-order chi connectivity index (χ0) is 27.2. The Labute approximate surface area is 209 Å². The van der Waals surface area contributed by atoms with E-state index >= 15 is 0 Å². The summed E-state index contributed by atoms with van der Waals surface area (Å²) in [5.74, 6) is -0.638. The highest BCUT2D eigenvalue weighted by Crippen LogP contribution is 2.28. The van der Waals surface area contributed by atoms with Crippen LogP contribution >= 0.6 is 0 Å². The predicted molar refractivity (Wildman–Crippen MR) is 128 cm³/mol. The molecule has 5 rings (SSSR count). The van der Waals surface area contributed by atoms with Crippen LogP contribution in [0.2, 0.25) is 0 Å². The maximum absolute atomic E-state index is 13.8. The molecule has 196 valence electrons. The Balaban J connectivity index is 1.69. The van der Waals surface area contributed by atoms with Crippen molar-refractivity contribution in [1.29, 1.82) is 0 Å². The number of halogens is 6. The van der Waals surface area contributed by atoms with Crippen LogP contribution in [0.15, 0.2) is 71.8 Å². The molecule has 3 aromatic heterocycles. The molecule has 7 nitrogen and oxygen atoms in total. The first-order valence-corrected chi connectivity index (χ1v) is 11.0. The summed E-state index contributed by atoms with van der Waals surface area (Å²) in [5, 5.41) is 2.59.